The Morgan fingerprint density at radius 2 is 2.00 bits per heavy atom. The molecule has 1 aromatic carbocycles. The fourth-order valence-electron chi connectivity index (χ4n) is 3.90. The fourth-order valence-corrected chi connectivity index (χ4v) is 3.90. The summed E-state index contributed by atoms with van der Waals surface area (Å²) in [5.41, 5.74) is 0.188. The SMILES string of the molecule is O[C@]12CCCC[C@@H]1CCC[C@H]2Nc1cccc(F)c1. The molecular formula is C16H22FNO. The van der Waals surface area contributed by atoms with E-state index in [1.165, 1.54) is 18.6 Å². The van der Waals surface area contributed by atoms with Crippen molar-refractivity contribution in [3.05, 3.63) is 30.1 Å². The van der Waals surface area contributed by atoms with Gasteiger partial charge in [-0.15, -0.1) is 0 Å². The summed E-state index contributed by atoms with van der Waals surface area (Å²) in [6.07, 6.45) is 7.62. The zero-order chi connectivity index (χ0) is 13.3. The molecule has 0 radical (unpaired) electrons. The van der Waals surface area contributed by atoms with Crippen molar-refractivity contribution in [3.63, 3.8) is 0 Å². The van der Waals surface area contributed by atoms with Gasteiger partial charge in [-0.1, -0.05) is 25.3 Å². The molecule has 3 rings (SSSR count). The van der Waals surface area contributed by atoms with Gasteiger partial charge < -0.3 is 10.4 Å². The van der Waals surface area contributed by atoms with Gasteiger partial charge in [0.15, 0.2) is 0 Å². The van der Waals surface area contributed by atoms with Gasteiger partial charge in [0, 0.05) is 5.69 Å². The lowest BCUT2D eigenvalue weighted by Crippen LogP contribution is -2.56. The highest BCUT2D eigenvalue weighted by Crippen LogP contribution is 2.44. The zero-order valence-corrected chi connectivity index (χ0v) is 11.2. The molecule has 0 saturated heterocycles. The predicted molar refractivity (Wildman–Crippen MR) is 74.6 cm³/mol. The Balaban J connectivity index is 1.79. The highest BCUT2D eigenvalue weighted by Gasteiger charge is 2.47. The van der Waals surface area contributed by atoms with E-state index in [9.17, 15) is 9.50 Å². The molecule has 0 aliphatic heterocycles. The smallest absolute Gasteiger partial charge is 0.125 e. The normalized spacial score (nSPS) is 34.6. The van der Waals surface area contributed by atoms with Gasteiger partial charge in [-0.3, -0.25) is 0 Å². The van der Waals surface area contributed by atoms with Gasteiger partial charge >= 0.3 is 0 Å². The topological polar surface area (TPSA) is 32.3 Å². The average molecular weight is 263 g/mol. The summed E-state index contributed by atoms with van der Waals surface area (Å²) < 4.78 is 13.2. The van der Waals surface area contributed by atoms with Crippen LogP contribution in [0, 0.1) is 11.7 Å². The van der Waals surface area contributed by atoms with Gasteiger partial charge in [0.05, 0.1) is 11.6 Å². The molecule has 2 N–H and O–H groups in total. The predicted octanol–water partition coefficient (Wildman–Crippen LogP) is 3.71. The van der Waals surface area contributed by atoms with Crippen molar-refractivity contribution in [2.45, 2.75) is 56.6 Å². The molecule has 2 aliphatic carbocycles. The molecule has 3 heteroatoms. The number of halogens is 1. The minimum Gasteiger partial charge on any atom is -0.387 e. The van der Waals surface area contributed by atoms with E-state index in [2.05, 4.69) is 5.32 Å². The molecule has 0 heterocycles. The Bertz CT molecular complexity index is 448. The van der Waals surface area contributed by atoms with Crippen molar-refractivity contribution in [2.24, 2.45) is 5.92 Å². The van der Waals surface area contributed by atoms with E-state index in [0.717, 1.165) is 44.2 Å². The van der Waals surface area contributed by atoms with Crippen LogP contribution >= 0.6 is 0 Å². The van der Waals surface area contributed by atoms with Crippen molar-refractivity contribution in [2.75, 3.05) is 5.32 Å². The first kappa shape index (κ1) is 12.9. The number of anilines is 1. The fraction of sp³-hybridized carbons (Fsp3) is 0.625. The molecule has 0 unspecified atom stereocenters. The Hall–Kier alpha value is -1.09. The highest BCUT2D eigenvalue weighted by molar-refractivity contribution is 5.45. The van der Waals surface area contributed by atoms with Crippen molar-refractivity contribution in [1.82, 2.24) is 0 Å². The van der Waals surface area contributed by atoms with E-state index in [4.69, 9.17) is 0 Å². The van der Waals surface area contributed by atoms with E-state index in [-0.39, 0.29) is 11.9 Å². The molecule has 2 nitrogen and oxygen atoms in total. The molecule has 104 valence electrons. The number of rotatable bonds is 2. The van der Waals surface area contributed by atoms with Crippen molar-refractivity contribution >= 4 is 5.69 Å². The van der Waals surface area contributed by atoms with Crippen LogP contribution in [0.3, 0.4) is 0 Å². The lowest BCUT2D eigenvalue weighted by Gasteiger charge is -2.49. The molecular weight excluding hydrogens is 241 g/mol. The zero-order valence-electron chi connectivity index (χ0n) is 11.2. The van der Waals surface area contributed by atoms with Crippen molar-refractivity contribution in [3.8, 4) is 0 Å². The lowest BCUT2D eigenvalue weighted by atomic mass is 9.65. The number of nitrogens with one attached hydrogen (secondary N) is 1. The Kier molecular flexibility index (Phi) is 3.48. The van der Waals surface area contributed by atoms with Crippen LogP contribution in [0.25, 0.3) is 0 Å². The van der Waals surface area contributed by atoms with Gasteiger partial charge in [-0.05, 0) is 49.8 Å². The molecule has 19 heavy (non-hydrogen) atoms. The first-order chi connectivity index (χ1) is 9.18. The third kappa shape index (κ3) is 2.48. The third-order valence-electron chi connectivity index (χ3n) is 4.90. The third-order valence-corrected chi connectivity index (χ3v) is 4.90. The standard InChI is InChI=1S/C16H22FNO/c17-13-7-4-8-14(11-13)18-15-9-3-6-12-5-1-2-10-16(12,15)19/h4,7-8,11-12,15,18-19H,1-3,5-6,9-10H2/t12-,15-,16-/m1/s1. The maximum atomic E-state index is 13.2. The van der Waals surface area contributed by atoms with Gasteiger partial charge in [0.25, 0.3) is 0 Å². The maximum Gasteiger partial charge on any atom is 0.125 e. The van der Waals surface area contributed by atoms with Crippen molar-refractivity contribution < 1.29 is 9.50 Å². The average Bonchev–Trinajstić information content (AvgIpc) is 2.40. The molecule has 2 aliphatic rings. The minimum absolute atomic E-state index is 0.0633. The number of hydrogen-bond donors (Lipinski definition) is 2. The Labute approximate surface area is 114 Å². The molecule has 0 aromatic heterocycles. The van der Waals surface area contributed by atoms with Gasteiger partial charge in [-0.25, -0.2) is 4.39 Å². The molecule has 0 bridgehead atoms. The van der Waals surface area contributed by atoms with Gasteiger partial charge in [0.1, 0.15) is 5.82 Å². The molecule has 2 fully saturated rings. The van der Waals surface area contributed by atoms with Crippen LogP contribution < -0.4 is 5.32 Å². The van der Waals surface area contributed by atoms with Gasteiger partial charge in [0.2, 0.25) is 0 Å². The monoisotopic (exact) mass is 263 g/mol. The number of benzene rings is 1. The van der Waals surface area contributed by atoms with Crippen LogP contribution in [0.15, 0.2) is 24.3 Å². The first-order valence-corrected chi connectivity index (χ1v) is 7.43. The Morgan fingerprint density at radius 1 is 1.16 bits per heavy atom. The summed E-state index contributed by atoms with van der Waals surface area (Å²) in [4.78, 5) is 0. The molecule has 0 spiro atoms. The second-order valence-corrected chi connectivity index (χ2v) is 6.07. The summed E-state index contributed by atoms with van der Waals surface area (Å²) in [6, 6.07) is 6.61. The molecule has 1 aromatic rings. The quantitative estimate of drug-likeness (QED) is 0.852. The van der Waals surface area contributed by atoms with Crippen LogP contribution in [0.1, 0.15) is 44.9 Å². The van der Waals surface area contributed by atoms with Crippen LogP contribution in [0.5, 0.6) is 0 Å². The van der Waals surface area contributed by atoms with Crippen LogP contribution in [-0.2, 0) is 0 Å². The van der Waals surface area contributed by atoms with Crippen molar-refractivity contribution in [1.29, 1.82) is 0 Å². The summed E-state index contributed by atoms with van der Waals surface area (Å²) in [6.45, 7) is 0. The van der Waals surface area contributed by atoms with E-state index in [0.29, 0.717) is 5.92 Å². The highest BCUT2D eigenvalue weighted by atomic mass is 19.1. The largest absolute Gasteiger partial charge is 0.387 e. The van der Waals surface area contributed by atoms with E-state index in [1.807, 2.05) is 6.07 Å². The Morgan fingerprint density at radius 3 is 2.84 bits per heavy atom. The second kappa shape index (κ2) is 5.12. The van der Waals surface area contributed by atoms with Crippen LogP contribution in [0.4, 0.5) is 10.1 Å². The number of hydrogen-bond acceptors (Lipinski definition) is 2. The molecule has 0 amide bonds. The summed E-state index contributed by atoms with van der Waals surface area (Å²) in [5, 5.41) is 14.4. The summed E-state index contributed by atoms with van der Waals surface area (Å²) in [5.74, 6) is 0.189. The number of fused-ring (bicyclic) bond motifs is 1. The number of aliphatic hydroxyl groups is 1. The molecule has 3 atom stereocenters. The summed E-state index contributed by atoms with van der Waals surface area (Å²) >= 11 is 0. The lowest BCUT2D eigenvalue weighted by molar-refractivity contribution is -0.0835. The van der Waals surface area contributed by atoms with E-state index in [1.54, 1.807) is 6.07 Å². The molecule has 2 saturated carbocycles. The van der Waals surface area contributed by atoms with Gasteiger partial charge in [-0.2, -0.15) is 0 Å². The maximum absolute atomic E-state index is 13.2. The van der Waals surface area contributed by atoms with Crippen LogP contribution in [-0.4, -0.2) is 16.7 Å². The van der Waals surface area contributed by atoms with Crippen LogP contribution in [0.2, 0.25) is 0 Å². The summed E-state index contributed by atoms with van der Waals surface area (Å²) in [7, 11) is 0. The second-order valence-electron chi connectivity index (χ2n) is 6.07. The van der Waals surface area contributed by atoms with E-state index < -0.39 is 5.60 Å². The van der Waals surface area contributed by atoms with E-state index >= 15 is 0 Å². The first-order valence-electron chi connectivity index (χ1n) is 7.43. The minimum atomic E-state index is -0.594.